The summed E-state index contributed by atoms with van der Waals surface area (Å²) in [5.41, 5.74) is 2.55. The lowest BCUT2D eigenvalue weighted by atomic mass is 10.1. The summed E-state index contributed by atoms with van der Waals surface area (Å²) >= 11 is 0. The molecule has 1 unspecified atom stereocenters. The van der Waals surface area contributed by atoms with Crippen LogP contribution < -0.4 is 15.5 Å². The summed E-state index contributed by atoms with van der Waals surface area (Å²) in [5.74, 6) is 0.0682. The van der Waals surface area contributed by atoms with Crippen LogP contribution in [0.15, 0.2) is 66.7 Å². The van der Waals surface area contributed by atoms with Crippen molar-refractivity contribution in [1.82, 2.24) is 0 Å². The Hall–Kier alpha value is -3.34. The van der Waals surface area contributed by atoms with Crippen LogP contribution in [0.1, 0.15) is 19.8 Å². The molecule has 142 valence electrons. The Morgan fingerprint density at radius 2 is 1.75 bits per heavy atom. The summed E-state index contributed by atoms with van der Waals surface area (Å²) in [5, 5.41) is 8.35. The molecular formula is C23H23N3O2. The van der Waals surface area contributed by atoms with Crippen molar-refractivity contribution in [2.24, 2.45) is 0 Å². The third-order valence-corrected chi connectivity index (χ3v) is 5.08. The average molecular weight is 373 g/mol. The molecule has 28 heavy (non-hydrogen) atoms. The number of hydrogen-bond donors (Lipinski definition) is 2. The fraction of sp³-hybridized carbons (Fsp3) is 0.217. The lowest BCUT2D eigenvalue weighted by Gasteiger charge is -2.18. The van der Waals surface area contributed by atoms with Gasteiger partial charge in [-0.05, 0) is 49.1 Å². The van der Waals surface area contributed by atoms with Crippen LogP contribution in [-0.2, 0) is 9.59 Å². The van der Waals surface area contributed by atoms with Crippen molar-refractivity contribution in [1.29, 1.82) is 0 Å². The highest BCUT2D eigenvalue weighted by molar-refractivity contribution is 6.04. The molecule has 1 aliphatic heterocycles. The van der Waals surface area contributed by atoms with E-state index in [2.05, 4.69) is 10.6 Å². The Bertz CT molecular complexity index is 1010. The van der Waals surface area contributed by atoms with Crippen molar-refractivity contribution < 1.29 is 9.59 Å². The van der Waals surface area contributed by atoms with Gasteiger partial charge < -0.3 is 15.5 Å². The number of anilines is 3. The molecule has 5 nitrogen and oxygen atoms in total. The zero-order valence-electron chi connectivity index (χ0n) is 15.8. The van der Waals surface area contributed by atoms with Crippen molar-refractivity contribution in [3.63, 3.8) is 0 Å². The highest BCUT2D eigenvalue weighted by Crippen LogP contribution is 2.25. The standard InChI is InChI=1S/C23H23N3O2/c1-16(23(28)25-21-9-4-7-17-6-2-3-8-20(17)21)24-18-11-13-19(14-12-18)26-15-5-10-22(26)27/h2-4,6-9,11-14,16,24H,5,10,15H2,1H3,(H,25,28). The van der Waals surface area contributed by atoms with E-state index in [1.807, 2.05) is 73.7 Å². The van der Waals surface area contributed by atoms with E-state index in [9.17, 15) is 9.59 Å². The lowest BCUT2D eigenvalue weighted by Crippen LogP contribution is -2.32. The number of nitrogens with zero attached hydrogens (tertiary/aromatic N) is 1. The van der Waals surface area contributed by atoms with E-state index in [0.717, 1.165) is 40.8 Å². The largest absolute Gasteiger partial charge is 0.374 e. The molecule has 0 radical (unpaired) electrons. The number of carbonyl (C=O) groups excluding carboxylic acids is 2. The van der Waals surface area contributed by atoms with Gasteiger partial charge in [-0.2, -0.15) is 0 Å². The van der Waals surface area contributed by atoms with Gasteiger partial charge in [-0.3, -0.25) is 9.59 Å². The molecule has 4 rings (SSSR count). The monoisotopic (exact) mass is 373 g/mol. The quantitative estimate of drug-likeness (QED) is 0.697. The van der Waals surface area contributed by atoms with Gasteiger partial charge in [0.25, 0.3) is 0 Å². The van der Waals surface area contributed by atoms with E-state index in [1.165, 1.54) is 0 Å². The topological polar surface area (TPSA) is 61.4 Å². The van der Waals surface area contributed by atoms with E-state index in [-0.39, 0.29) is 11.8 Å². The fourth-order valence-corrected chi connectivity index (χ4v) is 3.55. The minimum atomic E-state index is -0.404. The maximum atomic E-state index is 12.7. The minimum Gasteiger partial charge on any atom is -0.374 e. The average Bonchev–Trinajstić information content (AvgIpc) is 3.14. The molecule has 1 heterocycles. The Balaban J connectivity index is 1.42. The van der Waals surface area contributed by atoms with Gasteiger partial charge in [0.2, 0.25) is 11.8 Å². The molecule has 0 spiro atoms. The molecule has 0 bridgehead atoms. The van der Waals surface area contributed by atoms with Crippen LogP contribution in [-0.4, -0.2) is 24.4 Å². The molecule has 1 aliphatic rings. The van der Waals surface area contributed by atoms with Gasteiger partial charge in [-0.25, -0.2) is 0 Å². The Morgan fingerprint density at radius 1 is 1.00 bits per heavy atom. The van der Waals surface area contributed by atoms with E-state index in [0.29, 0.717) is 6.42 Å². The van der Waals surface area contributed by atoms with Crippen molar-refractivity contribution in [2.45, 2.75) is 25.8 Å². The second kappa shape index (κ2) is 7.72. The number of rotatable bonds is 5. The maximum absolute atomic E-state index is 12.7. The van der Waals surface area contributed by atoms with Gasteiger partial charge in [0.1, 0.15) is 6.04 Å². The molecular weight excluding hydrogens is 350 g/mol. The highest BCUT2D eigenvalue weighted by atomic mass is 16.2. The number of benzene rings is 3. The Kier molecular flexibility index (Phi) is 4.98. The molecule has 1 atom stereocenters. The predicted octanol–water partition coefficient (Wildman–Crippen LogP) is 4.41. The summed E-state index contributed by atoms with van der Waals surface area (Å²) in [4.78, 5) is 26.3. The highest BCUT2D eigenvalue weighted by Gasteiger charge is 2.21. The first-order valence-corrected chi connectivity index (χ1v) is 9.57. The van der Waals surface area contributed by atoms with Crippen LogP contribution in [0.25, 0.3) is 10.8 Å². The molecule has 2 N–H and O–H groups in total. The van der Waals surface area contributed by atoms with Gasteiger partial charge >= 0.3 is 0 Å². The molecule has 0 aliphatic carbocycles. The molecule has 3 aromatic carbocycles. The maximum Gasteiger partial charge on any atom is 0.246 e. The van der Waals surface area contributed by atoms with Crippen LogP contribution >= 0.6 is 0 Å². The fourth-order valence-electron chi connectivity index (χ4n) is 3.55. The molecule has 3 aromatic rings. The van der Waals surface area contributed by atoms with Gasteiger partial charge in [0.15, 0.2) is 0 Å². The predicted molar refractivity (Wildman–Crippen MR) is 114 cm³/mol. The van der Waals surface area contributed by atoms with E-state index in [4.69, 9.17) is 0 Å². The molecule has 5 heteroatoms. The summed E-state index contributed by atoms with van der Waals surface area (Å²) in [7, 11) is 0. The van der Waals surface area contributed by atoms with Crippen LogP contribution in [0.2, 0.25) is 0 Å². The first kappa shape index (κ1) is 18.0. The number of nitrogens with one attached hydrogen (secondary N) is 2. The Labute approximate surface area is 164 Å². The minimum absolute atomic E-state index is 0.102. The van der Waals surface area contributed by atoms with Crippen LogP contribution in [0.4, 0.5) is 17.1 Å². The number of carbonyl (C=O) groups is 2. The molecule has 0 saturated carbocycles. The summed E-state index contributed by atoms with van der Waals surface area (Å²) in [6.07, 6.45) is 1.52. The van der Waals surface area contributed by atoms with E-state index < -0.39 is 6.04 Å². The van der Waals surface area contributed by atoms with Gasteiger partial charge in [0.05, 0.1) is 0 Å². The van der Waals surface area contributed by atoms with Crippen molar-refractivity contribution in [2.75, 3.05) is 22.1 Å². The zero-order chi connectivity index (χ0) is 19.5. The smallest absolute Gasteiger partial charge is 0.246 e. The van der Waals surface area contributed by atoms with Crippen LogP contribution in [0.5, 0.6) is 0 Å². The third-order valence-electron chi connectivity index (χ3n) is 5.08. The van der Waals surface area contributed by atoms with Crippen molar-refractivity contribution in [3.05, 3.63) is 66.7 Å². The summed E-state index contributed by atoms with van der Waals surface area (Å²) < 4.78 is 0. The number of hydrogen-bond acceptors (Lipinski definition) is 3. The van der Waals surface area contributed by atoms with Gasteiger partial charge in [-0.15, -0.1) is 0 Å². The zero-order valence-corrected chi connectivity index (χ0v) is 15.8. The van der Waals surface area contributed by atoms with Gasteiger partial charge in [0, 0.05) is 35.4 Å². The van der Waals surface area contributed by atoms with Crippen molar-refractivity contribution in [3.8, 4) is 0 Å². The van der Waals surface area contributed by atoms with E-state index in [1.54, 1.807) is 4.90 Å². The van der Waals surface area contributed by atoms with Crippen LogP contribution in [0, 0.1) is 0 Å². The normalized spacial score (nSPS) is 14.9. The second-order valence-corrected chi connectivity index (χ2v) is 7.08. The summed E-state index contributed by atoms with van der Waals surface area (Å²) in [6.45, 7) is 2.60. The first-order chi connectivity index (χ1) is 13.6. The molecule has 1 saturated heterocycles. The SMILES string of the molecule is CC(Nc1ccc(N2CCCC2=O)cc1)C(=O)Nc1cccc2ccccc12. The van der Waals surface area contributed by atoms with Crippen LogP contribution in [0.3, 0.4) is 0 Å². The summed E-state index contributed by atoms with van der Waals surface area (Å²) in [6, 6.07) is 21.1. The molecule has 1 fully saturated rings. The number of fused-ring (bicyclic) bond motifs is 1. The third kappa shape index (κ3) is 3.69. The number of amides is 2. The lowest BCUT2D eigenvalue weighted by molar-refractivity contribution is -0.117. The molecule has 0 aromatic heterocycles. The van der Waals surface area contributed by atoms with E-state index >= 15 is 0 Å². The first-order valence-electron chi connectivity index (χ1n) is 9.57. The van der Waals surface area contributed by atoms with Crippen molar-refractivity contribution >= 4 is 39.6 Å². The Morgan fingerprint density at radius 3 is 2.50 bits per heavy atom. The molecule has 2 amide bonds. The second-order valence-electron chi connectivity index (χ2n) is 7.08. The van der Waals surface area contributed by atoms with Gasteiger partial charge in [-0.1, -0.05) is 36.4 Å².